The SMILES string of the molecule is [F-].[F-].[F-].[F-].[Pr]. The zero-order valence-electron chi connectivity index (χ0n) is 2.09. The average molecular weight is 217 g/mol. The molecule has 0 saturated heterocycles. The van der Waals surface area contributed by atoms with Gasteiger partial charge in [0, 0.05) is 41.3 Å². The van der Waals surface area contributed by atoms with Crippen LogP contribution in [0.2, 0.25) is 0 Å². The minimum Gasteiger partial charge on any atom is -1.00 e. The van der Waals surface area contributed by atoms with Gasteiger partial charge in [-0.3, -0.25) is 0 Å². The van der Waals surface area contributed by atoms with E-state index in [4.69, 9.17) is 0 Å². The minimum atomic E-state index is 0. The van der Waals surface area contributed by atoms with Gasteiger partial charge in [0.15, 0.2) is 0 Å². The molecule has 0 aromatic rings. The van der Waals surface area contributed by atoms with E-state index in [1.54, 1.807) is 0 Å². The molecular formula is F4Pr-4. The molecule has 0 nitrogen and oxygen atoms in total. The Kier molecular flexibility index (Phi) is 1930. The van der Waals surface area contributed by atoms with Gasteiger partial charge in [0.2, 0.25) is 0 Å². The molecule has 0 unspecified atom stereocenters. The molecule has 5 heavy (non-hydrogen) atoms. The molecule has 0 bridgehead atoms. The molecule has 0 saturated carbocycles. The monoisotopic (exact) mass is 217 g/mol. The van der Waals surface area contributed by atoms with Gasteiger partial charge < -0.3 is 18.8 Å². The van der Waals surface area contributed by atoms with Gasteiger partial charge in [0.05, 0.1) is 0 Å². The van der Waals surface area contributed by atoms with Gasteiger partial charge in [0.25, 0.3) is 0 Å². The number of hydrogen-bond acceptors (Lipinski definition) is 0. The Morgan fingerprint density at radius 3 is 0.400 bits per heavy atom. The van der Waals surface area contributed by atoms with E-state index in [0.717, 1.165) is 0 Å². The maximum absolute atomic E-state index is 0. The van der Waals surface area contributed by atoms with E-state index in [1.165, 1.54) is 0 Å². The standard InChI is InChI=1S/4FH.Pr/h4*1H;/p-4. The molecule has 0 fully saturated rings. The van der Waals surface area contributed by atoms with Gasteiger partial charge in [-0.05, 0) is 0 Å². The fourth-order valence-corrected chi connectivity index (χ4v) is 0. The molecule has 0 aromatic carbocycles. The molecule has 0 N–H and O–H groups in total. The Morgan fingerprint density at radius 1 is 0.400 bits per heavy atom. The molecule has 0 aliphatic rings. The number of hydrogen-bond donors (Lipinski definition) is 0. The van der Waals surface area contributed by atoms with Crippen LogP contribution in [0.15, 0.2) is 0 Å². The maximum atomic E-state index is 0. The van der Waals surface area contributed by atoms with E-state index < -0.39 is 0 Å². The summed E-state index contributed by atoms with van der Waals surface area (Å²) < 4.78 is 0. The molecule has 0 rings (SSSR count). The van der Waals surface area contributed by atoms with Crippen molar-refractivity contribution in [1.29, 1.82) is 0 Å². The van der Waals surface area contributed by atoms with Crippen LogP contribution in [0.25, 0.3) is 0 Å². The summed E-state index contributed by atoms with van der Waals surface area (Å²) in [6.45, 7) is 0. The van der Waals surface area contributed by atoms with Gasteiger partial charge in [0.1, 0.15) is 0 Å². The summed E-state index contributed by atoms with van der Waals surface area (Å²) >= 11 is 0. The topological polar surface area (TPSA) is 0 Å². The van der Waals surface area contributed by atoms with Crippen molar-refractivity contribution >= 4 is 0 Å². The number of halogens is 4. The summed E-state index contributed by atoms with van der Waals surface area (Å²) in [6.07, 6.45) is 0. The van der Waals surface area contributed by atoms with Crippen LogP contribution in [0.5, 0.6) is 0 Å². The van der Waals surface area contributed by atoms with Crippen LogP contribution < -0.4 is 18.8 Å². The first-order valence-electron chi connectivity index (χ1n) is 0. The van der Waals surface area contributed by atoms with Gasteiger partial charge >= 0.3 is 0 Å². The molecule has 0 heterocycles. The third-order valence-electron chi connectivity index (χ3n) is 0. The van der Waals surface area contributed by atoms with Crippen LogP contribution in [0, 0.1) is 41.3 Å². The molecule has 0 spiro atoms. The van der Waals surface area contributed by atoms with E-state index in [9.17, 15) is 0 Å². The zero-order valence-corrected chi connectivity index (χ0v) is 5.79. The normalized spacial score (nSPS) is 0. The average Bonchev–Trinajstić information content (AvgIpc) is 0. The molecule has 0 aliphatic carbocycles. The fourth-order valence-electron chi connectivity index (χ4n) is 0. The van der Waals surface area contributed by atoms with E-state index in [0.29, 0.717) is 0 Å². The second-order valence-electron chi connectivity index (χ2n) is 0. The number of rotatable bonds is 0. The summed E-state index contributed by atoms with van der Waals surface area (Å²) in [5, 5.41) is 0. The van der Waals surface area contributed by atoms with Crippen molar-refractivity contribution in [3.8, 4) is 0 Å². The van der Waals surface area contributed by atoms with Gasteiger partial charge in [-0.1, -0.05) is 0 Å². The van der Waals surface area contributed by atoms with Crippen molar-refractivity contribution in [1.82, 2.24) is 0 Å². The summed E-state index contributed by atoms with van der Waals surface area (Å²) in [5.74, 6) is 0. The predicted molar refractivity (Wildman–Crippen MR) is 0 cm³/mol. The van der Waals surface area contributed by atoms with Crippen molar-refractivity contribution in [3.05, 3.63) is 0 Å². The second kappa shape index (κ2) is 72.2. The van der Waals surface area contributed by atoms with Crippen LogP contribution in [0.3, 0.4) is 0 Å². The summed E-state index contributed by atoms with van der Waals surface area (Å²) in [5.41, 5.74) is 0. The van der Waals surface area contributed by atoms with Gasteiger partial charge in [-0.25, -0.2) is 0 Å². The third-order valence-corrected chi connectivity index (χ3v) is 0. The maximum Gasteiger partial charge on any atom is 0 e. The Hall–Kier alpha value is 1.08. The summed E-state index contributed by atoms with van der Waals surface area (Å²) in [4.78, 5) is 0. The molecule has 0 atom stereocenters. The molecular weight excluding hydrogens is 217 g/mol. The summed E-state index contributed by atoms with van der Waals surface area (Å²) in [7, 11) is 0. The molecule has 5 heteroatoms. The molecule has 0 aliphatic heterocycles. The quantitative estimate of drug-likeness (QED) is 0.353. The smallest absolute Gasteiger partial charge is 0 e. The Morgan fingerprint density at radius 2 is 0.400 bits per heavy atom. The van der Waals surface area contributed by atoms with Crippen LogP contribution in [-0.4, -0.2) is 0 Å². The predicted octanol–water partition coefficient (Wildman–Crippen LogP) is -12.0. The van der Waals surface area contributed by atoms with Gasteiger partial charge in [-0.2, -0.15) is 0 Å². The summed E-state index contributed by atoms with van der Waals surface area (Å²) in [6, 6.07) is 0. The molecule has 1 radical (unpaired) electrons. The second-order valence-corrected chi connectivity index (χ2v) is 0. The molecule has 35 valence electrons. The Balaban J connectivity index is 0. The first-order valence-corrected chi connectivity index (χ1v) is 0. The largest absolute Gasteiger partial charge is 1.00 e. The van der Waals surface area contributed by atoms with E-state index in [2.05, 4.69) is 0 Å². The van der Waals surface area contributed by atoms with Crippen LogP contribution in [0.1, 0.15) is 0 Å². The third kappa shape index (κ3) is 41.2. The van der Waals surface area contributed by atoms with E-state index in [-0.39, 0.29) is 60.1 Å². The van der Waals surface area contributed by atoms with Crippen molar-refractivity contribution in [2.45, 2.75) is 0 Å². The van der Waals surface area contributed by atoms with Crippen molar-refractivity contribution in [2.75, 3.05) is 0 Å². The minimum absolute atomic E-state index is 0. The van der Waals surface area contributed by atoms with Crippen molar-refractivity contribution < 1.29 is 60.1 Å². The Labute approximate surface area is 59.7 Å². The van der Waals surface area contributed by atoms with E-state index in [1.807, 2.05) is 0 Å². The molecule has 0 amide bonds. The van der Waals surface area contributed by atoms with Crippen molar-refractivity contribution in [3.63, 3.8) is 0 Å². The van der Waals surface area contributed by atoms with Crippen LogP contribution in [-0.2, 0) is 0 Å². The first kappa shape index (κ1) is 134. The first-order chi connectivity index (χ1) is 0. The van der Waals surface area contributed by atoms with Crippen LogP contribution >= 0.6 is 0 Å². The fraction of sp³-hybridized carbons (Fsp3) is 0. The van der Waals surface area contributed by atoms with Gasteiger partial charge in [-0.15, -0.1) is 0 Å². The van der Waals surface area contributed by atoms with Crippen molar-refractivity contribution in [2.24, 2.45) is 0 Å². The zero-order chi connectivity index (χ0) is 0. The molecule has 0 aromatic heterocycles. The van der Waals surface area contributed by atoms with E-state index >= 15 is 0 Å². The Bertz CT molecular complexity index is 3.61. The van der Waals surface area contributed by atoms with Crippen LogP contribution in [0.4, 0.5) is 0 Å².